The Morgan fingerprint density at radius 1 is 1.40 bits per heavy atom. The van der Waals surface area contributed by atoms with E-state index in [0.717, 1.165) is 19.4 Å². The van der Waals surface area contributed by atoms with Gasteiger partial charge in [-0.25, -0.2) is 8.78 Å². The summed E-state index contributed by atoms with van der Waals surface area (Å²) in [5.74, 6) is 0. The Balaban J connectivity index is 2.33. The molecule has 0 saturated carbocycles. The zero-order chi connectivity index (χ0) is 11.5. The van der Waals surface area contributed by atoms with E-state index in [9.17, 15) is 8.78 Å². The van der Waals surface area contributed by atoms with Gasteiger partial charge < -0.3 is 4.74 Å². The Kier molecular flexibility index (Phi) is 4.46. The summed E-state index contributed by atoms with van der Waals surface area (Å²) in [7, 11) is 0. The van der Waals surface area contributed by atoms with E-state index in [4.69, 9.17) is 4.74 Å². The van der Waals surface area contributed by atoms with Gasteiger partial charge in [0.2, 0.25) is 0 Å². The van der Waals surface area contributed by atoms with E-state index in [1.807, 2.05) is 25.7 Å². The number of nitrogens with zero attached hydrogens (tertiary/aromatic N) is 1. The van der Waals surface area contributed by atoms with E-state index in [1.165, 1.54) is 0 Å². The van der Waals surface area contributed by atoms with Crippen LogP contribution >= 0.6 is 0 Å². The quantitative estimate of drug-likeness (QED) is 0.723. The predicted octanol–water partition coefficient (Wildman–Crippen LogP) is 2.53. The van der Waals surface area contributed by atoms with Crippen molar-refractivity contribution in [1.82, 2.24) is 4.90 Å². The van der Waals surface area contributed by atoms with Crippen LogP contribution in [0.2, 0.25) is 0 Å². The highest BCUT2D eigenvalue weighted by Gasteiger charge is 2.28. The maximum atomic E-state index is 12.3. The third-order valence-electron chi connectivity index (χ3n) is 2.58. The van der Waals surface area contributed by atoms with Crippen LogP contribution in [0.5, 0.6) is 0 Å². The maximum absolute atomic E-state index is 12.3. The molecular weight excluding hydrogens is 200 g/mol. The van der Waals surface area contributed by atoms with E-state index in [0.29, 0.717) is 6.61 Å². The van der Waals surface area contributed by atoms with Gasteiger partial charge >= 0.3 is 0 Å². The van der Waals surface area contributed by atoms with Crippen molar-refractivity contribution in [1.29, 1.82) is 0 Å². The monoisotopic (exact) mass is 221 g/mol. The van der Waals surface area contributed by atoms with Gasteiger partial charge in [0.25, 0.3) is 6.43 Å². The molecule has 0 N–H and O–H groups in total. The molecule has 0 spiro atoms. The molecule has 0 bridgehead atoms. The van der Waals surface area contributed by atoms with Gasteiger partial charge in [-0.05, 0) is 40.2 Å². The molecular formula is C11H21F2NO. The summed E-state index contributed by atoms with van der Waals surface area (Å²) in [6.45, 7) is 7.19. The number of hydrogen-bond donors (Lipinski definition) is 0. The molecule has 1 heterocycles. The van der Waals surface area contributed by atoms with Gasteiger partial charge in [0.05, 0.1) is 18.8 Å². The Hall–Kier alpha value is -0.220. The SMILES string of the molecule is CC(C)(C)OCC1CCCN1CC(F)F. The Bertz CT molecular complexity index is 192. The van der Waals surface area contributed by atoms with Crippen LogP contribution in [0.1, 0.15) is 33.6 Å². The molecule has 0 amide bonds. The number of halogens is 2. The largest absolute Gasteiger partial charge is 0.374 e. The highest BCUT2D eigenvalue weighted by molar-refractivity contribution is 4.80. The Morgan fingerprint density at radius 2 is 2.07 bits per heavy atom. The normalized spacial score (nSPS) is 24.0. The first-order chi connectivity index (χ1) is 6.88. The minimum absolute atomic E-state index is 0.113. The van der Waals surface area contributed by atoms with Gasteiger partial charge in [-0.1, -0.05) is 0 Å². The fraction of sp³-hybridized carbons (Fsp3) is 1.00. The number of ether oxygens (including phenoxy) is 1. The van der Waals surface area contributed by atoms with Crippen LogP contribution in [-0.2, 0) is 4.74 Å². The molecule has 1 atom stereocenters. The van der Waals surface area contributed by atoms with E-state index in [2.05, 4.69) is 0 Å². The van der Waals surface area contributed by atoms with Gasteiger partial charge in [-0.2, -0.15) is 0 Å². The van der Waals surface area contributed by atoms with Crippen molar-refractivity contribution in [2.45, 2.75) is 51.7 Å². The van der Waals surface area contributed by atoms with Crippen molar-refractivity contribution >= 4 is 0 Å². The summed E-state index contributed by atoms with van der Waals surface area (Å²) in [5.41, 5.74) is -0.181. The fourth-order valence-electron chi connectivity index (χ4n) is 1.85. The molecule has 0 aromatic carbocycles. The van der Waals surface area contributed by atoms with Gasteiger partial charge in [-0.15, -0.1) is 0 Å². The average molecular weight is 221 g/mol. The predicted molar refractivity (Wildman–Crippen MR) is 56.3 cm³/mol. The van der Waals surface area contributed by atoms with Crippen molar-refractivity contribution in [3.8, 4) is 0 Å². The molecule has 1 rings (SSSR count). The van der Waals surface area contributed by atoms with E-state index in [-0.39, 0.29) is 18.2 Å². The summed E-state index contributed by atoms with van der Waals surface area (Å²) >= 11 is 0. The van der Waals surface area contributed by atoms with Crippen LogP contribution in [0.3, 0.4) is 0 Å². The highest BCUT2D eigenvalue weighted by Crippen LogP contribution is 2.20. The third kappa shape index (κ3) is 4.89. The lowest BCUT2D eigenvalue weighted by Gasteiger charge is -2.27. The van der Waals surface area contributed by atoms with Crippen molar-refractivity contribution in [2.75, 3.05) is 19.7 Å². The zero-order valence-corrected chi connectivity index (χ0v) is 9.80. The topological polar surface area (TPSA) is 12.5 Å². The van der Waals surface area contributed by atoms with Crippen molar-refractivity contribution < 1.29 is 13.5 Å². The third-order valence-corrected chi connectivity index (χ3v) is 2.58. The lowest BCUT2D eigenvalue weighted by Crippen LogP contribution is -2.38. The van der Waals surface area contributed by atoms with Gasteiger partial charge in [0, 0.05) is 6.04 Å². The lowest BCUT2D eigenvalue weighted by molar-refractivity contribution is -0.0347. The maximum Gasteiger partial charge on any atom is 0.251 e. The molecule has 0 radical (unpaired) electrons. The van der Waals surface area contributed by atoms with Crippen LogP contribution in [-0.4, -0.2) is 42.7 Å². The molecule has 90 valence electrons. The lowest BCUT2D eigenvalue weighted by atomic mass is 10.2. The Morgan fingerprint density at radius 3 is 2.60 bits per heavy atom. The van der Waals surface area contributed by atoms with Gasteiger partial charge in [0.15, 0.2) is 0 Å². The summed E-state index contributed by atoms with van der Waals surface area (Å²) in [5, 5.41) is 0. The minimum atomic E-state index is -2.24. The first-order valence-electron chi connectivity index (χ1n) is 5.54. The van der Waals surface area contributed by atoms with Gasteiger partial charge in [0.1, 0.15) is 0 Å². The molecule has 4 heteroatoms. The summed E-state index contributed by atoms with van der Waals surface area (Å²) < 4.78 is 30.1. The molecule has 1 aliphatic rings. The smallest absolute Gasteiger partial charge is 0.251 e. The van der Waals surface area contributed by atoms with E-state index < -0.39 is 6.43 Å². The molecule has 1 unspecified atom stereocenters. The molecule has 0 aromatic heterocycles. The molecule has 0 aromatic rings. The van der Waals surface area contributed by atoms with Crippen LogP contribution < -0.4 is 0 Å². The first kappa shape index (κ1) is 12.8. The van der Waals surface area contributed by atoms with Crippen LogP contribution in [0, 0.1) is 0 Å². The standard InChI is InChI=1S/C11H21F2NO/c1-11(2,3)15-8-9-5-4-6-14(9)7-10(12)13/h9-10H,4-8H2,1-3H3. The molecule has 1 saturated heterocycles. The highest BCUT2D eigenvalue weighted by atomic mass is 19.3. The molecule has 1 aliphatic heterocycles. The molecule has 2 nitrogen and oxygen atoms in total. The second-order valence-electron chi connectivity index (χ2n) is 5.11. The fourth-order valence-corrected chi connectivity index (χ4v) is 1.85. The molecule has 1 fully saturated rings. The Labute approximate surface area is 90.6 Å². The van der Waals surface area contributed by atoms with Gasteiger partial charge in [-0.3, -0.25) is 4.90 Å². The van der Waals surface area contributed by atoms with Crippen LogP contribution in [0.15, 0.2) is 0 Å². The minimum Gasteiger partial charge on any atom is -0.374 e. The second kappa shape index (κ2) is 5.21. The average Bonchev–Trinajstić information content (AvgIpc) is 2.46. The molecule has 0 aliphatic carbocycles. The number of hydrogen-bond acceptors (Lipinski definition) is 2. The van der Waals surface area contributed by atoms with Crippen molar-refractivity contribution in [3.63, 3.8) is 0 Å². The first-order valence-corrected chi connectivity index (χ1v) is 5.54. The van der Waals surface area contributed by atoms with Crippen LogP contribution in [0.25, 0.3) is 0 Å². The van der Waals surface area contributed by atoms with E-state index >= 15 is 0 Å². The number of alkyl halides is 2. The number of likely N-dealkylation sites (tertiary alicyclic amines) is 1. The molecule has 15 heavy (non-hydrogen) atoms. The summed E-state index contributed by atoms with van der Waals surface area (Å²) in [6, 6.07) is 0.179. The summed E-state index contributed by atoms with van der Waals surface area (Å²) in [6.07, 6.45) is -0.256. The van der Waals surface area contributed by atoms with Crippen LogP contribution in [0.4, 0.5) is 8.78 Å². The summed E-state index contributed by atoms with van der Waals surface area (Å²) in [4.78, 5) is 1.84. The number of rotatable bonds is 4. The van der Waals surface area contributed by atoms with Crippen molar-refractivity contribution in [3.05, 3.63) is 0 Å². The second-order valence-corrected chi connectivity index (χ2v) is 5.11. The zero-order valence-electron chi connectivity index (χ0n) is 9.80. The van der Waals surface area contributed by atoms with E-state index in [1.54, 1.807) is 0 Å². The van der Waals surface area contributed by atoms with Crippen molar-refractivity contribution in [2.24, 2.45) is 0 Å².